The van der Waals surface area contributed by atoms with Crippen molar-refractivity contribution in [2.45, 2.75) is 51.1 Å². The Labute approximate surface area is 117 Å². The van der Waals surface area contributed by atoms with Gasteiger partial charge in [0.2, 0.25) is 0 Å². The van der Waals surface area contributed by atoms with Crippen LogP contribution in [-0.2, 0) is 6.54 Å². The second kappa shape index (κ2) is 6.06. The van der Waals surface area contributed by atoms with E-state index in [4.69, 9.17) is 0 Å². The van der Waals surface area contributed by atoms with Crippen LogP contribution in [0.5, 0.6) is 0 Å². The van der Waals surface area contributed by atoms with Gasteiger partial charge < -0.3 is 5.32 Å². The van der Waals surface area contributed by atoms with Gasteiger partial charge in [0, 0.05) is 19.1 Å². The lowest BCUT2D eigenvalue weighted by atomic mass is 10.1. The molecule has 1 saturated heterocycles. The van der Waals surface area contributed by atoms with E-state index in [1.807, 2.05) is 0 Å². The largest absolute Gasteiger partial charge is 0.315 e. The summed E-state index contributed by atoms with van der Waals surface area (Å²) in [7, 11) is 0. The molecule has 1 atom stereocenters. The third kappa shape index (κ3) is 3.37. The van der Waals surface area contributed by atoms with E-state index in [0.29, 0.717) is 0 Å². The number of nitrogens with one attached hydrogen (secondary N) is 1. The highest BCUT2D eigenvalue weighted by molar-refractivity contribution is 5.28. The second-order valence-corrected chi connectivity index (χ2v) is 6.13. The van der Waals surface area contributed by atoms with Crippen LogP contribution in [0.25, 0.3) is 0 Å². The molecule has 1 N–H and O–H groups in total. The van der Waals surface area contributed by atoms with Crippen molar-refractivity contribution in [3.05, 3.63) is 35.4 Å². The van der Waals surface area contributed by atoms with Gasteiger partial charge in [-0.15, -0.1) is 0 Å². The van der Waals surface area contributed by atoms with Crippen LogP contribution in [0.4, 0.5) is 0 Å². The summed E-state index contributed by atoms with van der Waals surface area (Å²) in [5.41, 5.74) is 3.03. The summed E-state index contributed by atoms with van der Waals surface area (Å²) in [4.78, 5) is 2.66. The summed E-state index contributed by atoms with van der Waals surface area (Å²) in [6.07, 6.45) is 5.35. The maximum absolute atomic E-state index is 3.49. The molecule has 2 aliphatic rings. The Hall–Kier alpha value is -0.860. The molecule has 0 bridgehead atoms. The fourth-order valence-electron chi connectivity index (χ4n) is 3.18. The first kappa shape index (κ1) is 13.1. The zero-order chi connectivity index (χ0) is 13.1. The summed E-state index contributed by atoms with van der Waals surface area (Å²) >= 11 is 0. The molecule has 1 aliphatic carbocycles. The van der Waals surface area contributed by atoms with E-state index < -0.39 is 0 Å². The minimum Gasteiger partial charge on any atom is -0.315 e. The molecule has 2 nitrogen and oxygen atoms in total. The van der Waals surface area contributed by atoms with E-state index in [2.05, 4.69) is 41.4 Å². The molecule has 1 aromatic rings. The minimum absolute atomic E-state index is 0.739. The van der Waals surface area contributed by atoms with Crippen molar-refractivity contribution in [1.82, 2.24) is 10.2 Å². The Kier molecular flexibility index (Phi) is 4.19. The summed E-state index contributed by atoms with van der Waals surface area (Å²) < 4.78 is 0. The first-order chi connectivity index (χ1) is 9.36. The predicted molar refractivity (Wildman–Crippen MR) is 80.4 cm³/mol. The Balaban J connectivity index is 1.62. The van der Waals surface area contributed by atoms with E-state index >= 15 is 0 Å². The zero-order valence-corrected chi connectivity index (χ0v) is 12.1. The van der Waals surface area contributed by atoms with Gasteiger partial charge in [-0.3, -0.25) is 4.90 Å². The molecular formula is C17H26N2. The molecule has 0 aromatic heterocycles. The van der Waals surface area contributed by atoms with Crippen molar-refractivity contribution in [2.24, 2.45) is 0 Å². The molecule has 1 saturated carbocycles. The van der Waals surface area contributed by atoms with Crippen LogP contribution in [0.3, 0.4) is 0 Å². The van der Waals surface area contributed by atoms with Crippen molar-refractivity contribution >= 4 is 0 Å². The molecule has 2 heteroatoms. The van der Waals surface area contributed by atoms with Gasteiger partial charge in [-0.05, 0) is 55.8 Å². The third-order valence-electron chi connectivity index (χ3n) is 4.48. The number of rotatable bonds is 6. The number of benzene rings is 1. The van der Waals surface area contributed by atoms with Crippen LogP contribution in [0, 0.1) is 0 Å². The summed E-state index contributed by atoms with van der Waals surface area (Å²) in [6, 6.07) is 10.1. The summed E-state index contributed by atoms with van der Waals surface area (Å²) in [5.74, 6) is 0.875. The summed E-state index contributed by atoms with van der Waals surface area (Å²) in [6.45, 7) is 6.97. The second-order valence-electron chi connectivity index (χ2n) is 6.13. The molecule has 2 fully saturated rings. The Morgan fingerprint density at radius 1 is 1.16 bits per heavy atom. The molecule has 3 rings (SSSR count). The van der Waals surface area contributed by atoms with Gasteiger partial charge in [0.15, 0.2) is 0 Å². The normalized spacial score (nSPS) is 23.2. The molecule has 0 amide bonds. The van der Waals surface area contributed by atoms with E-state index in [1.165, 1.54) is 50.9 Å². The van der Waals surface area contributed by atoms with Gasteiger partial charge in [-0.25, -0.2) is 0 Å². The lowest BCUT2D eigenvalue weighted by Crippen LogP contribution is -2.36. The smallest absolute Gasteiger partial charge is 0.0237 e. The SMILES string of the molecule is CCCN(Cc1ccc(C2CC2)cc1)C1CCNC1. The molecular weight excluding hydrogens is 232 g/mol. The van der Waals surface area contributed by atoms with E-state index in [0.717, 1.165) is 18.5 Å². The lowest BCUT2D eigenvalue weighted by molar-refractivity contribution is 0.199. The van der Waals surface area contributed by atoms with Crippen molar-refractivity contribution in [3.8, 4) is 0 Å². The molecule has 104 valence electrons. The highest BCUT2D eigenvalue weighted by atomic mass is 15.2. The predicted octanol–water partition coefficient (Wildman–Crippen LogP) is 3.14. The standard InChI is InChI=1S/C17H26N2/c1-2-11-19(17-9-10-18-12-17)13-14-3-5-15(6-4-14)16-7-8-16/h3-6,16-18H,2,7-13H2,1H3. The molecule has 0 spiro atoms. The zero-order valence-electron chi connectivity index (χ0n) is 12.1. The first-order valence-corrected chi connectivity index (χ1v) is 7.90. The van der Waals surface area contributed by atoms with Crippen LogP contribution in [0.1, 0.15) is 49.7 Å². The van der Waals surface area contributed by atoms with E-state index in [9.17, 15) is 0 Å². The van der Waals surface area contributed by atoms with Crippen LogP contribution in [-0.4, -0.2) is 30.6 Å². The monoisotopic (exact) mass is 258 g/mol. The Morgan fingerprint density at radius 3 is 2.53 bits per heavy atom. The van der Waals surface area contributed by atoms with Crippen molar-refractivity contribution in [3.63, 3.8) is 0 Å². The minimum atomic E-state index is 0.739. The van der Waals surface area contributed by atoms with Crippen molar-refractivity contribution in [1.29, 1.82) is 0 Å². The number of nitrogens with zero attached hydrogens (tertiary/aromatic N) is 1. The maximum Gasteiger partial charge on any atom is 0.0237 e. The number of hydrogen-bond donors (Lipinski definition) is 1. The fourth-order valence-corrected chi connectivity index (χ4v) is 3.18. The average molecular weight is 258 g/mol. The molecule has 1 aromatic carbocycles. The number of hydrogen-bond acceptors (Lipinski definition) is 2. The van der Waals surface area contributed by atoms with Gasteiger partial charge in [0.1, 0.15) is 0 Å². The fraction of sp³-hybridized carbons (Fsp3) is 0.647. The van der Waals surface area contributed by atoms with E-state index in [1.54, 1.807) is 5.56 Å². The Bertz CT molecular complexity index is 388. The van der Waals surface area contributed by atoms with E-state index in [-0.39, 0.29) is 0 Å². The highest BCUT2D eigenvalue weighted by Crippen LogP contribution is 2.39. The van der Waals surface area contributed by atoms with Crippen LogP contribution in [0.15, 0.2) is 24.3 Å². The molecule has 1 unspecified atom stereocenters. The highest BCUT2D eigenvalue weighted by Gasteiger charge is 2.24. The molecule has 0 radical (unpaired) electrons. The van der Waals surface area contributed by atoms with Crippen molar-refractivity contribution in [2.75, 3.05) is 19.6 Å². The first-order valence-electron chi connectivity index (χ1n) is 7.90. The quantitative estimate of drug-likeness (QED) is 0.843. The third-order valence-corrected chi connectivity index (χ3v) is 4.48. The molecule has 1 heterocycles. The van der Waals surface area contributed by atoms with Crippen LogP contribution < -0.4 is 5.32 Å². The lowest BCUT2D eigenvalue weighted by Gasteiger charge is -2.28. The Morgan fingerprint density at radius 2 is 1.95 bits per heavy atom. The maximum atomic E-state index is 3.49. The summed E-state index contributed by atoms with van der Waals surface area (Å²) in [5, 5.41) is 3.49. The topological polar surface area (TPSA) is 15.3 Å². The van der Waals surface area contributed by atoms with Crippen molar-refractivity contribution < 1.29 is 0 Å². The van der Waals surface area contributed by atoms with Crippen LogP contribution in [0.2, 0.25) is 0 Å². The average Bonchev–Trinajstić information content (AvgIpc) is 3.14. The van der Waals surface area contributed by atoms with Gasteiger partial charge in [0.25, 0.3) is 0 Å². The van der Waals surface area contributed by atoms with Crippen LogP contribution >= 0.6 is 0 Å². The molecule has 19 heavy (non-hydrogen) atoms. The van der Waals surface area contributed by atoms with Gasteiger partial charge in [-0.2, -0.15) is 0 Å². The van der Waals surface area contributed by atoms with Gasteiger partial charge >= 0.3 is 0 Å². The van der Waals surface area contributed by atoms with Gasteiger partial charge in [-0.1, -0.05) is 31.2 Å². The molecule has 1 aliphatic heterocycles. The van der Waals surface area contributed by atoms with Gasteiger partial charge in [0.05, 0.1) is 0 Å².